The first-order chi connectivity index (χ1) is 11.4. The molecule has 1 atom stereocenters. The fourth-order valence-electron chi connectivity index (χ4n) is 3.25. The molecule has 6 nitrogen and oxygen atoms in total. The summed E-state index contributed by atoms with van der Waals surface area (Å²) in [6.07, 6.45) is 0.813. The van der Waals surface area contributed by atoms with Crippen molar-refractivity contribution >= 4 is 16.9 Å². The highest BCUT2D eigenvalue weighted by Crippen LogP contribution is 2.35. The molecule has 3 heterocycles. The van der Waals surface area contributed by atoms with E-state index in [0.29, 0.717) is 30.6 Å². The molecule has 1 aliphatic heterocycles. The van der Waals surface area contributed by atoms with Gasteiger partial charge in [0.2, 0.25) is 17.6 Å². The molecule has 0 radical (unpaired) electrons. The number of fused-ring (bicyclic) bond motifs is 1. The van der Waals surface area contributed by atoms with Crippen molar-refractivity contribution in [1.82, 2.24) is 15.0 Å². The third kappa shape index (κ3) is 2.38. The molecular formula is C18H19N3O3. The lowest BCUT2D eigenvalue weighted by atomic mass is 9.90. The Labute approximate surface area is 139 Å². The summed E-state index contributed by atoms with van der Waals surface area (Å²) in [5.41, 5.74) is 1.67. The van der Waals surface area contributed by atoms with Gasteiger partial charge in [-0.25, -0.2) is 0 Å². The number of benzene rings is 1. The van der Waals surface area contributed by atoms with Crippen LogP contribution < -0.4 is 0 Å². The van der Waals surface area contributed by atoms with Gasteiger partial charge in [-0.1, -0.05) is 16.8 Å². The molecule has 1 aliphatic rings. The third-order valence-electron chi connectivity index (χ3n) is 4.75. The number of hydrogen-bond donors (Lipinski definition) is 0. The summed E-state index contributed by atoms with van der Waals surface area (Å²) in [6, 6.07) is 7.94. The first-order valence-electron chi connectivity index (χ1n) is 8.05. The van der Waals surface area contributed by atoms with Gasteiger partial charge in [0.25, 0.3) is 0 Å². The Kier molecular flexibility index (Phi) is 3.23. The Balaban J connectivity index is 1.65. The van der Waals surface area contributed by atoms with Crippen molar-refractivity contribution in [2.24, 2.45) is 0 Å². The smallest absolute Gasteiger partial charge is 0.238 e. The topological polar surface area (TPSA) is 72.4 Å². The highest BCUT2D eigenvalue weighted by molar-refractivity contribution is 5.82. The summed E-state index contributed by atoms with van der Waals surface area (Å²) < 4.78 is 11.3. The van der Waals surface area contributed by atoms with Gasteiger partial charge in [-0.2, -0.15) is 4.98 Å². The highest BCUT2D eigenvalue weighted by Gasteiger charge is 2.41. The molecule has 0 spiro atoms. The van der Waals surface area contributed by atoms with E-state index in [9.17, 15) is 4.79 Å². The summed E-state index contributed by atoms with van der Waals surface area (Å²) in [5, 5.41) is 5.10. The Morgan fingerprint density at radius 1 is 1.33 bits per heavy atom. The van der Waals surface area contributed by atoms with Crippen LogP contribution in [0.25, 0.3) is 22.6 Å². The molecule has 24 heavy (non-hydrogen) atoms. The quantitative estimate of drug-likeness (QED) is 0.723. The van der Waals surface area contributed by atoms with Crippen molar-refractivity contribution in [2.45, 2.75) is 32.6 Å². The lowest BCUT2D eigenvalue weighted by Crippen LogP contribution is -2.31. The highest BCUT2D eigenvalue weighted by atomic mass is 16.5. The predicted octanol–water partition coefficient (Wildman–Crippen LogP) is 3.30. The molecule has 0 bridgehead atoms. The lowest BCUT2D eigenvalue weighted by molar-refractivity contribution is -0.128. The summed E-state index contributed by atoms with van der Waals surface area (Å²) in [5.74, 6) is 1.67. The normalized spacial score (nSPS) is 20.9. The zero-order valence-electron chi connectivity index (χ0n) is 14.0. The van der Waals surface area contributed by atoms with Crippen LogP contribution in [0.4, 0.5) is 0 Å². The Bertz CT molecular complexity index is 927. The molecule has 124 valence electrons. The van der Waals surface area contributed by atoms with E-state index >= 15 is 0 Å². The van der Waals surface area contributed by atoms with Crippen LogP contribution in [0.2, 0.25) is 0 Å². The second kappa shape index (κ2) is 5.19. The molecule has 1 amide bonds. The van der Waals surface area contributed by atoms with Crippen LogP contribution in [0.3, 0.4) is 0 Å². The fourth-order valence-corrected chi connectivity index (χ4v) is 3.25. The number of aryl methyl sites for hydroxylation is 1. The fraction of sp³-hybridized carbons (Fsp3) is 0.389. The lowest BCUT2D eigenvalue weighted by Gasteiger charge is -2.19. The zero-order valence-corrected chi connectivity index (χ0v) is 14.0. The molecule has 6 heteroatoms. The third-order valence-corrected chi connectivity index (χ3v) is 4.75. The Morgan fingerprint density at radius 2 is 2.17 bits per heavy atom. The van der Waals surface area contributed by atoms with Crippen LogP contribution in [0.15, 0.2) is 33.2 Å². The van der Waals surface area contributed by atoms with Gasteiger partial charge in [0.1, 0.15) is 5.58 Å². The Hall–Kier alpha value is -2.63. The summed E-state index contributed by atoms with van der Waals surface area (Å²) >= 11 is 0. The van der Waals surface area contributed by atoms with Gasteiger partial charge in [-0.15, -0.1) is 0 Å². The minimum Gasteiger partial charge on any atom is -0.453 e. The maximum atomic E-state index is 11.6. The van der Waals surface area contributed by atoms with E-state index in [1.54, 1.807) is 6.92 Å². The van der Waals surface area contributed by atoms with E-state index in [1.165, 1.54) is 5.56 Å². The number of amides is 1. The Morgan fingerprint density at radius 3 is 2.92 bits per heavy atom. The van der Waals surface area contributed by atoms with E-state index in [2.05, 4.69) is 23.1 Å². The van der Waals surface area contributed by atoms with Crippen molar-refractivity contribution in [3.8, 4) is 11.6 Å². The molecule has 2 aromatic heterocycles. The molecular weight excluding hydrogens is 306 g/mol. The van der Waals surface area contributed by atoms with E-state index in [-0.39, 0.29) is 11.3 Å². The second-order valence-corrected chi connectivity index (χ2v) is 6.83. The van der Waals surface area contributed by atoms with Gasteiger partial charge in [0.15, 0.2) is 5.76 Å². The maximum absolute atomic E-state index is 11.6. The number of nitrogens with zero attached hydrogens (tertiary/aromatic N) is 3. The van der Waals surface area contributed by atoms with E-state index in [4.69, 9.17) is 8.94 Å². The largest absolute Gasteiger partial charge is 0.453 e. The van der Waals surface area contributed by atoms with Crippen molar-refractivity contribution < 1.29 is 13.7 Å². The number of hydrogen-bond acceptors (Lipinski definition) is 5. The van der Waals surface area contributed by atoms with Gasteiger partial charge in [-0.3, -0.25) is 4.79 Å². The maximum Gasteiger partial charge on any atom is 0.238 e. The summed E-state index contributed by atoms with van der Waals surface area (Å²) in [7, 11) is 0. The number of aromatic nitrogens is 2. The predicted molar refractivity (Wildman–Crippen MR) is 88.5 cm³/mol. The molecule has 0 saturated carbocycles. The monoisotopic (exact) mass is 325 g/mol. The van der Waals surface area contributed by atoms with Crippen LogP contribution in [-0.4, -0.2) is 34.0 Å². The van der Waals surface area contributed by atoms with Crippen LogP contribution in [0.1, 0.15) is 31.7 Å². The minimum atomic E-state index is -0.306. The van der Waals surface area contributed by atoms with Crippen LogP contribution in [-0.2, 0) is 10.2 Å². The average Bonchev–Trinajstić information content (AvgIpc) is 3.23. The molecule has 0 N–H and O–H groups in total. The number of carbonyl (C=O) groups is 1. The van der Waals surface area contributed by atoms with Crippen molar-refractivity contribution in [3.63, 3.8) is 0 Å². The van der Waals surface area contributed by atoms with Gasteiger partial charge in [0, 0.05) is 25.4 Å². The summed E-state index contributed by atoms with van der Waals surface area (Å²) in [4.78, 5) is 17.9. The van der Waals surface area contributed by atoms with Crippen molar-refractivity contribution in [1.29, 1.82) is 0 Å². The second-order valence-electron chi connectivity index (χ2n) is 6.83. The molecule has 4 rings (SSSR count). The van der Waals surface area contributed by atoms with Gasteiger partial charge >= 0.3 is 0 Å². The van der Waals surface area contributed by atoms with Gasteiger partial charge in [0.05, 0.1) is 5.41 Å². The van der Waals surface area contributed by atoms with E-state index < -0.39 is 0 Å². The molecule has 3 aromatic rings. The van der Waals surface area contributed by atoms with Gasteiger partial charge < -0.3 is 13.8 Å². The SMILES string of the molecule is CC(=O)N1CCC(C)(c2nc(-c3cc4cc(C)ccc4o3)no2)C1. The molecule has 0 aliphatic carbocycles. The standard InChI is InChI=1S/C18H19N3O3/c1-11-4-5-14-13(8-11)9-15(23-14)16-19-17(24-20-16)18(3)6-7-21(10-18)12(2)22/h4-5,8-9H,6-7,10H2,1-3H3. The summed E-state index contributed by atoms with van der Waals surface area (Å²) in [6.45, 7) is 6.99. The minimum absolute atomic E-state index is 0.0751. The molecule has 1 unspecified atom stereocenters. The molecule has 1 fully saturated rings. The first kappa shape index (κ1) is 14.9. The van der Waals surface area contributed by atoms with Crippen LogP contribution >= 0.6 is 0 Å². The number of carbonyl (C=O) groups excluding carboxylic acids is 1. The van der Waals surface area contributed by atoms with Gasteiger partial charge in [-0.05, 0) is 38.5 Å². The number of rotatable bonds is 2. The molecule has 1 aromatic carbocycles. The van der Waals surface area contributed by atoms with Crippen molar-refractivity contribution in [3.05, 3.63) is 35.7 Å². The van der Waals surface area contributed by atoms with E-state index in [0.717, 1.165) is 17.4 Å². The zero-order chi connectivity index (χ0) is 16.9. The van der Waals surface area contributed by atoms with Crippen LogP contribution in [0.5, 0.6) is 0 Å². The first-order valence-corrected chi connectivity index (χ1v) is 8.05. The van der Waals surface area contributed by atoms with Crippen LogP contribution in [0, 0.1) is 6.92 Å². The van der Waals surface area contributed by atoms with E-state index in [1.807, 2.05) is 30.0 Å². The molecule has 1 saturated heterocycles. The van der Waals surface area contributed by atoms with Crippen molar-refractivity contribution in [2.75, 3.05) is 13.1 Å². The average molecular weight is 325 g/mol. The number of furan rings is 1. The number of likely N-dealkylation sites (tertiary alicyclic amines) is 1.